The van der Waals surface area contributed by atoms with Crippen molar-refractivity contribution >= 4 is 28.6 Å². The summed E-state index contributed by atoms with van der Waals surface area (Å²) in [6, 6.07) is 8.30. The Morgan fingerprint density at radius 3 is 2.81 bits per heavy atom. The van der Waals surface area contributed by atoms with Crippen LogP contribution in [-0.2, 0) is 4.79 Å². The lowest BCUT2D eigenvalue weighted by atomic mass is 10.1. The smallest absolute Gasteiger partial charge is 0.319 e. The highest BCUT2D eigenvalue weighted by Crippen LogP contribution is 2.21. The van der Waals surface area contributed by atoms with Crippen LogP contribution in [0.1, 0.15) is 19.8 Å². The molecule has 0 fully saturated rings. The molecule has 1 atom stereocenters. The van der Waals surface area contributed by atoms with Crippen molar-refractivity contribution in [3.63, 3.8) is 0 Å². The van der Waals surface area contributed by atoms with Gasteiger partial charge in [-0.3, -0.25) is 9.78 Å². The first-order valence-electron chi connectivity index (χ1n) is 6.73. The largest absolute Gasteiger partial charge is 0.481 e. The quantitative estimate of drug-likeness (QED) is 0.788. The summed E-state index contributed by atoms with van der Waals surface area (Å²) in [5.41, 5.74) is 1.43. The number of urea groups is 1. The summed E-state index contributed by atoms with van der Waals surface area (Å²) in [6.07, 6.45) is 2.14. The van der Waals surface area contributed by atoms with E-state index in [2.05, 4.69) is 15.6 Å². The Labute approximate surface area is 122 Å². The van der Waals surface area contributed by atoms with E-state index >= 15 is 0 Å². The van der Waals surface area contributed by atoms with Gasteiger partial charge in [-0.25, -0.2) is 4.79 Å². The van der Waals surface area contributed by atoms with Crippen LogP contribution in [0.15, 0.2) is 36.5 Å². The van der Waals surface area contributed by atoms with Gasteiger partial charge in [-0.15, -0.1) is 0 Å². The molecule has 110 valence electrons. The van der Waals surface area contributed by atoms with Crippen LogP contribution in [0.3, 0.4) is 0 Å². The Morgan fingerprint density at radius 1 is 1.29 bits per heavy atom. The number of rotatable bonds is 5. The third-order valence-electron chi connectivity index (χ3n) is 3.14. The van der Waals surface area contributed by atoms with Crippen LogP contribution in [0.2, 0.25) is 0 Å². The van der Waals surface area contributed by atoms with Gasteiger partial charge in [0.15, 0.2) is 0 Å². The number of aliphatic carboxylic acids is 1. The molecule has 0 aliphatic carbocycles. The number of pyridine rings is 1. The lowest BCUT2D eigenvalue weighted by Gasteiger charge is -2.16. The van der Waals surface area contributed by atoms with Crippen molar-refractivity contribution in [2.45, 2.75) is 25.8 Å². The van der Waals surface area contributed by atoms with E-state index in [1.54, 1.807) is 24.4 Å². The molecule has 0 aliphatic rings. The molecule has 0 aliphatic heterocycles. The van der Waals surface area contributed by atoms with Gasteiger partial charge >= 0.3 is 12.0 Å². The maximum absolute atomic E-state index is 12.0. The second-order valence-corrected chi connectivity index (χ2v) is 4.68. The lowest BCUT2D eigenvalue weighted by Crippen LogP contribution is -2.38. The number of aromatic nitrogens is 1. The van der Waals surface area contributed by atoms with E-state index in [0.717, 1.165) is 10.9 Å². The second-order valence-electron chi connectivity index (χ2n) is 4.68. The third-order valence-corrected chi connectivity index (χ3v) is 3.14. The standard InChI is InChI=1S/C15H17N3O3/c1-2-10(9-14(19)20)17-15(21)18-13-7-3-6-12-11(13)5-4-8-16-12/h3-8,10H,2,9H2,1H3,(H,19,20)(H2,17,18,21). The van der Waals surface area contributed by atoms with Crippen LogP contribution >= 0.6 is 0 Å². The second kappa shape index (κ2) is 6.69. The van der Waals surface area contributed by atoms with Gasteiger partial charge in [-0.1, -0.05) is 13.0 Å². The Hall–Kier alpha value is -2.63. The van der Waals surface area contributed by atoms with E-state index in [9.17, 15) is 9.59 Å². The van der Waals surface area contributed by atoms with E-state index in [0.29, 0.717) is 12.1 Å². The summed E-state index contributed by atoms with van der Waals surface area (Å²) in [4.78, 5) is 26.9. The predicted molar refractivity (Wildman–Crippen MR) is 80.2 cm³/mol. The minimum Gasteiger partial charge on any atom is -0.481 e. The van der Waals surface area contributed by atoms with Crippen LogP contribution in [-0.4, -0.2) is 28.1 Å². The average Bonchev–Trinajstić information content (AvgIpc) is 2.46. The summed E-state index contributed by atoms with van der Waals surface area (Å²) >= 11 is 0. The summed E-state index contributed by atoms with van der Waals surface area (Å²) in [7, 11) is 0. The van der Waals surface area contributed by atoms with Gasteiger partial charge in [0.1, 0.15) is 0 Å². The van der Waals surface area contributed by atoms with Crippen LogP contribution in [0.4, 0.5) is 10.5 Å². The molecular formula is C15H17N3O3. The van der Waals surface area contributed by atoms with Gasteiger partial charge in [0.05, 0.1) is 17.6 Å². The molecule has 21 heavy (non-hydrogen) atoms. The molecule has 3 N–H and O–H groups in total. The predicted octanol–water partition coefficient (Wildman–Crippen LogP) is 2.61. The third kappa shape index (κ3) is 3.92. The molecule has 1 aromatic carbocycles. The normalized spacial score (nSPS) is 11.9. The number of carboxylic acids is 1. The Balaban J connectivity index is 2.09. The van der Waals surface area contributed by atoms with Crippen LogP contribution in [0, 0.1) is 0 Å². The molecule has 2 rings (SSSR count). The van der Waals surface area contributed by atoms with Crippen molar-refractivity contribution in [3.8, 4) is 0 Å². The molecule has 0 bridgehead atoms. The summed E-state index contributed by atoms with van der Waals surface area (Å²) < 4.78 is 0. The molecule has 6 nitrogen and oxygen atoms in total. The molecule has 1 aromatic heterocycles. The van der Waals surface area contributed by atoms with Crippen molar-refractivity contribution in [2.75, 3.05) is 5.32 Å². The van der Waals surface area contributed by atoms with Crippen LogP contribution in [0.25, 0.3) is 10.9 Å². The summed E-state index contributed by atoms with van der Waals surface area (Å²) in [5.74, 6) is -0.934. The molecule has 0 saturated carbocycles. The van der Waals surface area contributed by atoms with Crippen LogP contribution in [0.5, 0.6) is 0 Å². The van der Waals surface area contributed by atoms with Gasteiger partial charge in [-0.05, 0) is 30.7 Å². The number of amides is 2. The first-order valence-corrected chi connectivity index (χ1v) is 6.73. The van der Waals surface area contributed by atoms with Crippen molar-refractivity contribution in [2.24, 2.45) is 0 Å². The minimum atomic E-state index is -0.934. The topological polar surface area (TPSA) is 91.3 Å². The molecule has 0 spiro atoms. The van der Waals surface area contributed by atoms with E-state index in [1.165, 1.54) is 0 Å². The number of carbonyl (C=O) groups excluding carboxylic acids is 1. The van der Waals surface area contributed by atoms with E-state index in [4.69, 9.17) is 5.11 Å². The molecule has 2 amide bonds. The highest BCUT2D eigenvalue weighted by molar-refractivity contribution is 6.00. The van der Waals surface area contributed by atoms with Crippen molar-refractivity contribution in [1.29, 1.82) is 0 Å². The zero-order valence-corrected chi connectivity index (χ0v) is 11.7. The highest BCUT2D eigenvalue weighted by atomic mass is 16.4. The average molecular weight is 287 g/mol. The number of anilines is 1. The molecule has 0 saturated heterocycles. The van der Waals surface area contributed by atoms with Gasteiger partial charge in [0.2, 0.25) is 0 Å². The van der Waals surface area contributed by atoms with Crippen molar-refractivity contribution in [1.82, 2.24) is 10.3 Å². The minimum absolute atomic E-state index is 0.0962. The maximum Gasteiger partial charge on any atom is 0.319 e. The Kier molecular flexibility index (Phi) is 4.71. The monoisotopic (exact) mass is 287 g/mol. The lowest BCUT2D eigenvalue weighted by molar-refractivity contribution is -0.137. The number of hydrogen-bond acceptors (Lipinski definition) is 3. The Bertz CT molecular complexity index is 652. The van der Waals surface area contributed by atoms with E-state index in [-0.39, 0.29) is 6.42 Å². The zero-order valence-electron chi connectivity index (χ0n) is 11.7. The van der Waals surface area contributed by atoms with Crippen LogP contribution < -0.4 is 10.6 Å². The van der Waals surface area contributed by atoms with Crippen molar-refractivity contribution < 1.29 is 14.7 Å². The fourth-order valence-electron chi connectivity index (χ4n) is 2.06. The number of nitrogens with one attached hydrogen (secondary N) is 2. The van der Waals surface area contributed by atoms with E-state index in [1.807, 2.05) is 19.1 Å². The summed E-state index contributed by atoms with van der Waals surface area (Å²) in [6.45, 7) is 1.83. The summed E-state index contributed by atoms with van der Waals surface area (Å²) in [5, 5.41) is 15.0. The number of fused-ring (bicyclic) bond motifs is 1. The van der Waals surface area contributed by atoms with Crippen molar-refractivity contribution in [3.05, 3.63) is 36.5 Å². The number of hydrogen-bond donors (Lipinski definition) is 3. The molecule has 6 heteroatoms. The number of benzene rings is 1. The van der Waals surface area contributed by atoms with Gasteiger partial charge in [-0.2, -0.15) is 0 Å². The zero-order chi connectivity index (χ0) is 15.2. The molecule has 2 aromatic rings. The first-order chi connectivity index (χ1) is 10.1. The maximum atomic E-state index is 12.0. The fourth-order valence-corrected chi connectivity index (χ4v) is 2.06. The SMILES string of the molecule is CCC(CC(=O)O)NC(=O)Nc1cccc2ncccc12. The molecular weight excluding hydrogens is 270 g/mol. The number of carboxylic acid groups (broad SMARTS) is 1. The van der Waals surface area contributed by atoms with Gasteiger partial charge in [0.25, 0.3) is 0 Å². The first kappa shape index (κ1) is 14.8. The number of carbonyl (C=O) groups is 2. The fraction of sp³-hybridized carbons (Fsp3) is 0.267. The number of nitrogens with zero attached hydrogens (tertiary/aromatic N) is 1. The molecule has 1 heterocycles. The Morgan fingerprint density at radius 2 is 2.10 bits per heavy atom. The van der Waals surface area contributed by atoms with Gasteiger partial charge in [0, 0.05) is 17.6 Å². The van der Waals surface area contributed by atoms with Gasteiger partial charge < -0.3 is 15.7 Å². The molecule has 0 radical (unpaired) electrons. The van der Waals surface area contributed by atoms with E-state index < -0.39 is 18.0 Å². The molecule has 1 unspecified atom stereocenters. The highest BCUT2D eigenvalue weighted by Gasteiger charge is 2.14.